The molecule has 0 aliphatic rings. The van der Waals surface area contributed by atoms with E-state index in [9.17, 15) is 18.3 Å². The molecule has 0 aliphatic carbocycles. The number of aromatic hydroxyl groups is 1. The van der Waals surface area contributed by atoms with E-state index in [1.165, 1.54) is 25.3 Å². The normalized spacial score (nSPS) is 11.0. The summed E-state index contributed by atoms with van der Waals surface area (Å²) in [7, 11) is -2.58. The van der Waals surface area contributed by atoms with E-state index in [-0.39, 0.29) is 22.9 Å². The van der Waals surface area contributed by atoms with Crippen LogP contribution in [0.15, 0.2) is 18.2 Å². The summed E-state index contributed by atoms with van der Waals surface area (Å²) in [5.74, 6) is -1.43. The van der Waals surface area contributed by atoms with Gasteiger partial charge < -0.3 is 9.84 Å². The number of halogens is 1. The predicted octanol–water partition coefficient (Wildman–Crippen LogP) is 1.35. The molecule has 0 heterocycles. The average molecular weight is 294 g/mol. The second-order valence-corrected chi connectivity index (χ2v) is 5.63. The van der Waals surface area contributed by atoms with Gasteiger partial charge in [-0.15, -0.1) is 0 Å². The van der Waals surface area contributed by atoms with E-state index in [1.807, 2.05) is 0 Å². The van der Waals surface area contributed by atoms with Crippen LogP contribution in [-0.4, -0.2) is 32.4 Å². The van der Waals surface area contributed by atoms with Crippen LogP contribution in [0.3, 0.4) is 0 Å². The molecule has 0 unspecified atom stereocenters. The lowest BCUT2D eigenvalue weighted by Crippen LogP contribution is -2.19. The van der Waals surface area contributed by atoms with Gasteiger partial charge in [0.05, 0.1) is 30.0 Å². The number of hydrogen-bond donors (Lipinski definition) is 2. The summed E-state index contributed by atoms with van der Waals surface area (Å²) in [6.07, 6.45) is -0.271. The second-order valence-electron chi connectivity index (χ2n) is 3.38. The maximum Gasteiger partial charge on any atom is 0.306 e. The van der Waals surface area contributed by atoms with Crippen molar-refractivity contribution in [1.29, 1.82) is 0 Å². The zero-order chi connectivity index (χ0) is 13.8. The van der Waals surface area contributed by atoms with Crippen molar-refractivity contribution in [2.75, 3.05) is 17.6 Å². The van der Waals surface area contributed by atoms with Crippen LogP contribution in [0.1, 0.15) is 6.42 Å². The van der Waals surface area contributed by atoms with Gasteiger partial charge in [-0.25, -0.2) is 8.42 Å². The molecule has 6 nitrogen and oxygen atoms in total. The minimum Gasteiger partial charge on any atom is -0.504 e. The average Bonchev–Trinajstić information content (AvgIpc) is 2.32. The molecule has 0 fully saturated rings. The SMILES string of the molecule is COC(=O)CCS(=O)(=O)Nc1cccc(Cl)c1O. The van der Waals surface area contributed by atoms with Crippen LogP contribution in [0.4, 0.5) is 5.69 Å². The summed E-state index contributed by atoms with van der Waals surface area (Å²) < 4.78 is 29.7. The number of sulfonamides is 1. The van der Waals surface area contributed by atoms with E-state index >= 15 is 0 Å². The molecule has 2 N–H and O–H groups in total. The summed E-state index contributed by atoms with van der Waals surface area (Å²) in [5, 5.41) is 9.56. The zero-order valence-electron chi connectivity index (χ0n) is 9.51. The fraction of sp³-hybridized carbons (Fsp3) is 0.300. The number of hydrogen-bond acceptors (Lipinski definition) is 5. The van der Waals surface area contributed by atoms with E-state index in [0.29, 0.717) is 0 Å². The van der Waals surface area contributed by atoms with Crippen LogP contribution < -0.4 is 4.72 Å². The first-order chi connectivity index (χ1) is 8.35. The number of para-hydroxylation sites is 1. The monoisotopic (exact) mass is 293 g/mol. The van der Waals surface area contributed by atoms with E-state index < -0.39 is 21.7 Å². The quantitative estimate of drug-likeness (QED) is 0.631. The standard InChI is InChI=1S/C10H12ClNO5S/c1-17-9(13)5-6-18(15,16)12-8-4-2-3-7(11)10(8)14/h2-4,12,14H,5-6H2,1H3. The van der Waals surface area contributed by atoms with Gasteiger partial charge in [-0.1, -0.05) is 17.7 Å². The summed E-state index contributed by atoms with van der Waals surface area (Å²) in [6.45, 7) is 0. The van der Waals surface area contributed by atoms with Crippen LogP contribution in [0.25, 0.3) is 0 Å². The fourth-order valence-corrected chi connectivity index (χ4v) is 2.35. The molecule has 0 bridgehead atoms. The molecule has 0 saturated carbocycles. The third kappa shape index (κ3) is 4.08. The van der Waals surface area contributed by atoms with Gasteiger partial charge in [0, 0.05) is 0 Å². The smallest absolute Gasteiger partial charge is 0.306 e. The Hall–Kier alpha value is -1.47. The number of esters is 1. The number of phenolic OH excluding ortho intramolecular Hbond substituents is 1. The number of anilines is 1. The lowest BCUT2D eigenvalue weighted by Gasteiger charge is -2.09. The number of benzene rings is 1. The highest BCUT2D eigenvalue weighted by molar-refractivity contribution is 7.92. The molecule has 0 radical (unpaired) electrons. The lowest BCUT2D eigenvalue weighted by molar-refractivity contribution is -0.140. The third-order valence-corrected chi connectivity index (χ3v) is 3.63. The zero-order valence-corrected chi connectivity index (χ0v) is 11.1. The minimum atomic E-state index is -3.75. The van der Waals surface area contributed by atoms with E-state index in [0.717, 1.165) is 0 Å². The number of ether oxygens (including phenoxy) is 1. The van der Waals surface area contributed by atoms with Crippen molar-refractivity contribution in [3.05, 3.63) is 23.2 Å². The van der Waals surface area contributed by atoms with Crippen molar-refractivity contribution in [1.82, 2.24) is 0 Å². The van der Waals surface area contributed by atoms with Crippen LogP contribution >= 0.6 is 11.6 Å². The van der Waals surface area contributed by atoms with E-state index in [4.69, 9.17) is 11.6 Å². The minimum absolute atomic E-state index is 0.0307. The Labute approximate surface area is 110 Å². The largest absolute Gasteiger partial charge is 0.504 e. The first-order valence-electron chi connectivity index (χ1n) is 4.90. The Morgan fingerprint density at radius 2 is 2.17 bits per heavy atom. The Bertz CT molecular complexity index is 543. The summed E-state index contributed by atoms with van der Waals surface area (Å²) >= 11 is 5.63. The predicted molar refractivity (Wildman–Crippen MR) is 67.2 cm³/mol. The molecular formula is C10H12ClNO5S. The third-order valence-electron chi connectivity index (χ3n) is 2.05. The molecule has 1 rings (SSSR count). The van der Waals surface area contributed by atoms with Crippen molar-refractivity contribution in [3.63, 3.8) is 0 Å². The van der Waals surface area contributed by atoms with E-state index in [2.05, 4.69) is 9.46 Å². The molecular weight excluding hydrogens is 282 g/mol. The van der Waals surface area contributed by atoms with Gasteiger partial charge in [0.2, 0.25) is 10.0 Å². The lowest BCUT2D eigenvalue weighted by atomic mass is 10.3. The van der Waals surface area contributed by atoms with Gasteiger partial charge in [-0.2, -0.15) is 0 Å². The van der Waals surface area contributed by atoms with Gasteiger partial charge in [-0.05, 0) is 12.1 Å². The van der Waals surface area contributed by atoms with Crippen molar-refractivity contribution in [2.45, 2.75) is 6.42 Å². The van der Waals surface area contributed by atoms with Crippen molar-refractivity contribution in [3.8, 4) is 5.75 Å². The number of carbonyl (C=O) groups excluding carboxylic acids is 1. The molecule has 0 spiro atoms. The number of methoxy groups -OCH3 is 1. The Morgan fingerprint density at radius 1 is 1.50 bits per heavy atom. The van der Waals surface area contributed by atoms with E-state index in [1.54, 1.807) is 0 Å². The maximum atomic E-state index is 11.6. The number of nitrogens with one attached hydrogen (secondary N) is 1. The van der Waals surface area contributed by atoms with Gasteiger partial charge in [0.15, 0.2) is 5.75 Å². The Kier molecular flexibility index (Phi) is 4.80. The summed E-state index contributed by atoms with van der Waals surface area (Å²) in [5.41, 5.74) is -0.0348. The van der Waals surface area contributed by atoms with Crippen molar-refractivity contribution in [2.24, 2.45) is 0 Å². The highest BCUT2D eigenvalue weighted by Crippen LogP contribution is 2.31. The molecule has 1 aromatic rings. The van der Waals surface area contributed by atoms with Crippen LogP contribution in [0, 0.1) is 0 Å². The Morgan fingerprint density at radius 3 is 2.78 bits per heavy atom. The number of carbonyl (C=O) groups is 1. The van der Waals surface area contributed by atoms with Crippen LogP contribution in [0.5, 0.6) is 5.75 Å². The second kappa shape index (κ2) is 5.92. The molecule has 100 valence electrons. The van der Waals surface area contributed by atoms with Gasteiger partial charge in [0.25, 0.3) is 0 Å². The fourth-order valence-electron chi connectivity index (χ4n) is 1.14. The van der Waals surface area contributed by atoms with Crippen molar-refractivity contribution < 1.29 is 23.1 Å². The van der Waals surface area contributed by atoms with Gasteiger partial charge in [-0.3, -0.25) is 9.52 Å². The molecule has 1 aromatic carbocycles. The first kappa shape index (κ1) is 14.6. The summed E-state index contributed by atoms with van der Waals surface area (Å²) in [6, 6.07) is 4.26. The van der Waals surface area contributed by atoms with Crippen LogP contribution in [0.2, 0.25) is 5.02 Å². The molecule has 0 aromatic heterocycles. The number of phenols is 1. The molecule has 18 heavy (non-hydrogen) atoms. The number of rotatable bonds is 5. The van der Waals surface area contributed by atoms with Gasteiger partial charge >= 0.3 is 5.97 Å². The van der Waals surface area contributed by atoms with Crippen molar-refractivity contribution >= 4 is 33.3 Å². The molecule has 0 saturated heterocycles. The Balaban J connectivity index is 2.77. The first-order valence-corrected chi connectivity index (χ1v) is 6.93. The topological polar surface area (TPSA) is 92.7 Å². The highest BCUT2D eigenvalue weighted by atomic mass is 35.5. The highest BCUT2D eigenvalue weighted by Gasteiger charge is 2.16. The molecule has 8 heteroatoms. The molecule has 0 aliphatic heterocycles. The molecule has 0 amide bonds. The molecule has 0 atom stereocenters. The van der Waals surface area contributed by atoms with Crippen LogP contribution in [-0.2, 0) is 19.6 Å². The maximum absolute atomic E-state index is 11.6. The summed E-state index contributed by atoms with van der Waals surface area (Å²) in [4.78, 5) is 10.8. The van der Waals surface area contributed by atoms with Gasteiger partial charge in [0.1, 0.15) is 0 Å².